The summed E-state index contributed by atoms with van der Waals surface area (Å²) in [6.07, 6.45) is 11.4. The van der Waals surface area contributed by atoms with Crippen LogP contribution in [-0.4, -0.2) is 83.6 Å². The Balaban J connectivity index is 1.14. The fourth-order valence-electron chi connectivity index (χ4n) is 8.26. The monoisotopic (exact) mass is 623 g/mol. The van der Waals surface area contributed by atoms with Gasteiger partial charge in [0.2, 0.25) is 0 Å². The van der Waals surface area contributed by atoms with Gasteiger partial charge in [0.25, 0.3) is 0 Å². The number of ether oxygens (including phenoxy) is 2. The molecule has 1 saturated carbocycles. The van der Waals surface area contributed by atoms with E-state index in [0.717, 1.165) is 51.8 Å². The first kappa shape index (κ1) is 28.2. The number of likely N-dealkylation sites (tertiary alicyclic amines) is 1. The van der Waals surface area contributed by atoms with Gasteiger partial charge in [0, 0.05) is 71.6 Å². The molecule has 10 heteroatoms. The standard InChI is InChI=1S/C36H35F2N5O3/c1-2-20-4-3-5-21-10-25(44)12-27(30(20)21)31-29(37)13-28-33(32(31)38)40-35(41-34(28)42-14-22-6-7-23(15-42)39-22)46-19-36(8-9-36)18-43-16-26-11-24(43)17-45-26/h1,3-5,10,12-13,22-24,26,39,44H,6-9,11,14-19H2/t22?,23?,24-,26-/m0/s1. The molecule has 4 atom stereocenters. The van der Waals surface area contributed by atoms with Crippen molar-refractivity contribution in [3.63, 3.8) is 0 Å². The summed E-state index contributed by atoms with van der Waals surface area (Å²) >= 11 is 0. The summed E-state index contributed by atoms with van der Waals surface area (Å²) in [7, 11) is 0. The molecule has 4 bridgehead atoms. The number of anilines is 1. The van der Waals surface area contributed by atoms with Crippen molar-refractivity contribution in [2.24, 2.45) is 5.41 Å². The number of halogens is 2. The van der Waals surface area contributed by atoms with E-state index in [2.05, 4.69) is 26.0 Å². The Labute approximate surface area is 265 Å². The van der Waals surface area contributed by atoms with E-state index in [-0.39, 0.29) is 45.9 Å². The number of hydrogen-bond donors (Lipinski definition) is 2. The number of fused-ring (bicyclic) bond motifs is 6. The molecule has 8 nitrogen and oxygen atoms in total. The van der Waals surface area contributed by atoms with Crippen LogP contribution in [0, 0.1) is 29.4 Å². The predicted molar refractivity (Wildman–Crippen MR) is 171 cm³/mol. The average molecular weight is 624 g/mol. The minimum absolute atomic E-state index is 0.00964. The lowest BCUT2D eigenvalue weighted by molar-refractivity contribution is 0.0176. The molecule has 4 aliphatic heterocycles. The fraction of sp³-hybridized carbons (Fsp3) is 0.444. The molecule has 5 fully saturated rings. The maximum Gasteiger partial charge on any atom is 0.319 e. The van der Waals surface area contributed by atoms with Gasteiger partial charge < -0.3 is 24.8 Å². The number of hydrogen-bond acceptors (Lipinski definition) is 8. The lowest BCUT2D eigenvalue weighted by atomic mass is 9.93. The summed E-state index contributed by atoms with van der Waals surface area (Å²) in [6.45, 7) is 4.47. The van der Waals surface area contributed by atoms with Crippen molar-refractivity contribution < 1.29 is 23.4 Å². The van der Waals surface area contributed by atoms with Crippen LogP contribution in [0.3, 0.4) is 0 Å². The molecular weight excluding hydrogens is 588 g/mol. The van der Waals surface area contributed by atoms with Crippen LogP contribution in [0.5, 0.6) is 11.8 Å². The molecule has 5 aliphatic rings. The number of rotatable bonds is 7. The van der Waals surface area contributed by atoms with E-state index in [1.807, 2.05) is 0 Å². The van der Waals surface area contributed by atoms with Crippen molar-refractivity contribution >= 4 is 27.5 Å². The molecule has 1 aliphatic carbocycles. The van der Waals surface area contributed by atoms with E-state index < -0.39 is 11.6 Å². The summed E-state index contributed by atoms with van der Waals surface area (Å²) in [5.74, 6) is 1.37. The molecule has 4 aromatic rings. The number of morpholine rings is 1. The van der Waals surface area contributed by atoms with Crippen molar-refractivity contribution in [3.8, 4) is 35.2 Å². The topological polar surface area (TPSA) is 83.0 Å². The Hall–Kier alpha value is -4.04. The van der Waals surface area contributed by atoms with Gasteiger partial charge in [-0.15, -0.1) is 6.42 Å². The van der Waals surface area contributed by atoms with Crippen LogP contribution in [-0.2, 0) is 4.74 Å². The number of aromatic nitrogens is 2. The van der Waals surface area contributed by atoms with Crippen molar-refractivity contribution in [1.29, 1.82) is 0 Å². The number of phenols is 1. The van der Waals surface area contributed by atoms with Crippen LogP contribution in [0.25, 0.3) is 32.8 Å². The Morgan fingerprint density at radius 1 is 1.11 bits per heavy atom. The van der Waals surface area contributed by atoms with Crippen LogP contribution in [0.15, 0.2) is 36.4 Å². The first-order chi connectivity index (χ1) is 22.4. The Morgan fingerprint density at radius 3 is 2.65 bits per heavy atom. The van der Waals surface area contributed by atoms with E-state index in [4.69, 9.17) is 20.9 Å². The largest absolute Gasteiger partial charge is 0.508 e. The predicted octanol–water partition coefficient (Wildman–Crippen LogP) is 4.99. The third-order valence-corrected chi connectivity index (χ3v) is 10.8. The number of aromatic hydroxyl groups is 1. The second-order valence-electron chi connectivity index (χ2n) is 13.9. The van der Waals surface area contributed by atoms with Crippen molar-refractivity contribution in [2.75, 3.05) is 44.3 Å². The van der Waals surface area contributed by atoms with Crippen molar-refractivity contribution in [1.82, 2.24) is 20.2 Å². The number of piperazine rings is 1. The van der Waals surface area contributed by atoms with Gasteiger partial charge in [-0.25, -0.2) is 8.78 Å². The zero-order valence-corrected chi connectivity index (χ0v) is 25.4. The maximum atomic E-state index is 16.9. The minimum Gasteiger partial charge on any atom is -0.508 e. The Bertz CT molecular complexity index is 1930. The van der Waals surface area contributed by atoms with Gasteiger partial charge in [-0.3, -0.25) is 4.90 Å². The quantitative estimate of drug-likeness (QED) is 0.279. The molecular formula is C36H35F2N5O3. The van der Waals surface area contributed by atoms with E-state index in [0.29, 0.717) is 59.4 Å². The van der Waals surface area contributed by atoms with Gasteiger partial charge in [-0.1, -0.05) is 18.1 Å². The van der Waals surface area contributed by atoms with Gasteiger partial charge in [0.05, 0.1) is 24.9 Å². The van der Waals surface area contributed by atoms with Crippen LogP contribution in [0.1, 0.15) is 37.7 Å². The van der Waals surface area contributed by atoms with Crippen molar-refractivity contribution in [2.45, 2.75) is 56.3 Å². The molecule has 5 heterocycles. The molecule has 0 amide bonds. The van der Waals surface area contributed by atoms with Crippen LogP contribution >= 0.6 is 0 Å². The molecule has 46 heavy (non-hydrogen) atoms. The maximum absolute atomic E-state index is 16.9. The zero-order valence-electron chi connectivity index (χ0n) is 25.4. The minimum atomic E-state index is -0.838. The third-order valence-electron chi connectivity index (χ3n) is 10.8. The summed E-state index contributed by atoms with van der Waals surface area (Å²) in [6, 6.07) is 10.6. The molecule has 4 saturated heterocycles. The van der Waals surface area contributed by atoms with E-state index >= 15 is 8.78 Å². The number of nitrogens with one attached hydrogen (secondary N) is 1. The smallest absolute Gasteiger partial charge is 0.319 e. The third kappa shape index (κ3) is 4.67. The molecule has 1 aromatic heterocycles. The van der Waals surface area contributed by atoms with E-state index in [1.165, 1.54) is 18.2 Å². The number of benzene rings is 3. The molecule has 2 unspecified atom stereocenters. The van der Waals surface area contributed by atoms with Crippen LogP contribution < -0.4 is 15.0 Å². The first-order valence-electron chi connectivity index (χ1n) is 16.3. The highest BCUT2D eigenvalue weighted by molar-refractivity contribution is 6.04. The summed E-state index contributed by atoms with van der Waals surface area (Å²) in [5.41, 5.74) is 0.343. The molecule has 236 valence electrons. The van der Waals surface area contributed by atoms with Crippen LogP contribution in [0.4, 0.5) is 14.6 Å². The molecule has 9 rings (SSSR count). The highest BCUT2D eigenvalue weighted by atomic mass is 19.1. The highest BCUT2D eigenvalue weighted by Crippen LogP contribution is 2.48. The summed E-state index contributed by atoms with van der Waals surface area (Å²) < 4.78 is 45.3. The molecule has 2 N–H and O–H groups in total. The van der Waals surface area contributed by atoms with Gasteiger partial charge in [-0.2, -0.15) is 9.97 Å². The average Bonchev–Trinajstić information content (AvgIpc) is 3.31. The number of phenolic OH excluding ortho intramolecular Hbond substituents is 1. The number of nitrogens with zero attached hydrogens (tertiary/aromatic N) is 4. The van der Waals surface area contributed by atoms with Crippen LogP contribution in [0.2, 0.25) is 0 Å². The van der Waals surface area contributed by atoms with E-state index in [9.17, 15) is 5.11 Å². The van der Waals surface area contributed by atoms with Gasteiger partial charge in [-0.05, 0) is 61.8 Å². The zero-order chi connectivity index (χ0) is 31.2. The second-order valence-corrected chi connectivity index (χ2v) is 13.9. The molecule has 3 aromatic carbocycles. The summed E-state index contributed by atoms with van der Waals surface area (Å²) in [4.78, 5) is 14.1. The lowest BCUT2D eigenvalue weighted by Gasteiger charge is -2.34. The fourth-order valence-corrected chi connectivity index (χ4v) is 8.26. The highest BCUT2D eigenvalue weighted by Gasteiger charge is 2.49. The van der Waals surface area contributed by atoms with Gasteiger partial charge in [0.1, 0.15) is 22.9 Å². The van der Waals surface area contributed by atoms with Gasteiger partial charge in [0.15, 0.2) is 5.82 Å². The summed E-state index contributed by atoms with van der Waals surface area (Å²) in [5, 5.41) is 15.6. The number of terminal acetylenes is 1. The first-order valence-corrected chi connectivity index (χ1v) is 16.3. The Kier molecular flexibility index (Phi) is 6.43. The second kappa shape index (κ2) is 10.5. The van der Waals surface area contributed by atoms with Gasteiger partial charge >= 0.3 is 6.01 Å². The SMILES string of the molecule is C#Cc1cccc2cc(O)cc(-c3c(F)cc4c(N5CC6CCC(C5)N6)nc(OCC5(CN6C[C@@H]7C[C@H]6CO7)CC5)nc4c3F)c12. The van der Waals surface area contributed by atoms with Crippen molar-refractivity contribution in [3.05, 3.63) is 53.6 Å². The van der Waals surface area contributed by atoms with E-state index in [1.54, 1.807) is 18.2 Å². The lowest BCUT2D eigenvalue weighted by Crippen LogP contribution is -2.51. The molecule has 0 spiro atoms. The normalized spacial score (nSPS) is 26.2. The molecule has 0 radical (unpaired) electrons. The Morgan fingerprint density at radius 2 is 1.93 bits per heavy atom.